The molecule has 0 radical (unpaired) electrons. The first kappa shape index (κ1) is 15.3. The van der Waals surface area contributed by atoms with Crippen LogP contribution >= 0.6 is 0 Å². The number of nitrogens with zero attached hydrogens (tertiary/aromatic N) is 1. The van der Waals surface area contributed by atoms with Gasteiger partial charge in [-0.1, -0.05) is 26.0 Å². The van der Waals surface area contributed by atoms with Gasteiger partial charge in [0, 0.05) is 13.1 Å². The maximum absolute atomic E-state index is 12.4. The van der Waals surface area contributed by atoms with Crippen molar-refractivity contribution in [3.05, 3.63) is 24.3 Å². The van der Waals surface area contributed by atoms with E-state index in [1.807, 2.05) is 26.0 Å². The molecule has 0 aliphatic carbocycles. The Bertz CT molecular complexity index is 556. The minimum atomic E-state index is -3.23. The number of hydrogen-bond acceptors (Lipinski definition) is 4. The van der Waals surface area contributed by atoms with Gasteiger partial charge in [0.15, 0.2) is 9.84 Å². The summed E-state index contributed by atoms with van der Waals surface area (Å²) in [5.74, 6) is 0.335. The predicted molar refractivity (Wildman–Crippen MR) is 80.8 cm³/mol. The first-order valence-corrected chi connectivity index (χ1v) is 8.85. The van der Waals surface area contributed by atoms with E-state index < -0.39 is 9.84 Å². The van der Waals surface area contributed by atoms with Gasteiger partial charge < -0.3 is 10.0 Å². The molecule has 1 saturated heterocycles. The lowest BCUT2D eigenvalue weighted by Crippen LogP contribution is -2.42. The summed E-state index contributed by atoms with van der Waals surface area (Å²) >= 11 is 0. The third-order valence-electron chi connectivity index (χ3n) is 3.87. The van der Waals surface area contributed by atoms with Crippen molar-refractivity contribution in [1.29, 1.82) is 0 Å². The third kappa shape index (κ3) is 3.15. The molecule has 20 heavy (non-hydrogen) atoms. The minimum Gasteiger partial charge on any atom is -0.393 e. The number of sulfone groups is 1. The zero-order valence-corrected chi connectivity index (χ0v) is 12.9. The molecule has 0 spiro atoms. The fourth-order valence-electron chi connectivity index (χ4n) is 2.71. The van der Waals surface area contributed by atoms with Crippen molar-refractivity contribution in [2.45, 2.75) is 37.7 Å². The first-order chi connectivity index (χ1) is 9.45. The maximum Gasteiger partial charge on any atom is 0.180 e. The van der Waals surface area contributed by atoms with E-state index in [4.69, 9.17) is 0 Å². The summed E-state index contributed by atoms with van der Waals surface area (Å²) in [5.41, 5.74) is 0.778. The van der Waals surface area contributed by atoms with Gasteiger partial charge in [-0.15, -0.1) is 0 Å². The Morgan fingerprint density at radius 2 is 2.05 bits per heavy atom. The Morgan fingerprint density at radius 1 is 1.35 bits per heavy atom. The van der Waals surface area contributed by atoms with Crippen molar-refractivity contribution in [2.75, 3.05) is 23.7 Å². The maximum atomic E-state index is 12.4. The highest BCUT2D eigenvalue weighted by molar-refractivity contribution is 7.91. The predicted octanol–water partition coefficient (Wildman–Crippen LogP) is 2.08. The van der Waals surface area contributed by atoms with E-state index >= 15 is 0 Å². The van der Waals surface area contributed by atoms with E-state index in [1.165, 1.54) is 0 Å². The summed E-state index contributed by atoms with van der Waals surface area (Å²) in [5, 5.41) is 9.81. The van der Waals surface area contributed by atoms with Crippen molar-refractivity contribution in [2.24, 2.45) is 5.92 Å². The summed E-state index contributed by atoms with van der Waals surface area (Å²) < 4.78 is 24.7. The van der Waals surface area contributed by atoms with Crippen LogP contribution in [0.1, 0.15) is 26.7 Å². The van der Waals surface area contributed by atoms with Crippen LogP contribution in [-0.2, 0) is 9.84 Å². The minimum absolute atomic E-state index is 0.158. The number of piperidine rings is 1. The molecule has 1 aliphatic rings. The Balaban J connectivity index is 2.34. The van der Waals surface area contributed by atoms with Crippen LogP contribution in [0.4, 0.5) is 5.69 Å². The van der Waals surface area contributed by atoms with Crippen molar-refractivity contribution < 1.29 is 13.5 Å². The van der Waals surface area contributed by atoms with E-state index in [0.717, 1.165) is 5.69 Å². The molecule has 1 aromatic carbocycles. The van der Waals surface area contributed by atoms with Crippen LogP contribution < -0.4 is 4.90 Å². The first-order valence-electron chi connectivity index (χ1n) is 7.20. The van der Waals surface area contributed by atoms with Gasteiger partial charge in [0.2, 0.25) is 0 Å². The number of rotatable bonds is 4. The van der Waals surface area contributed by atoms with E-state index in [-0.39, 0.29) is 17.8 Å². The topological polar surface area (TPSA) is 57.6 Å². The van der Waals surface area contributed by atoms with E-state index in [0.29, 0.717) is 30.8 Å². The molecule has 2 atom stereocenters. The molecule has 0 bridgehead atoms. The molecule has 5 heteroatoms. The number of hydrogen-bond donors (Lipinski definition) is 1. The van der Waals surface area contributed by atoms with Gasteiger partial charge in [-0.2, -0.15) is 0 Å². The summed E-state index contributed by atoms with van der Waals surface area (Å²) in [6.45, 7) is 5.27. The summed E-state index contributed by atoms with van der Waals surface area (Å²) in [6, 6.07) is 7.20. The van der Waals surface area contributed by atoms with Gasteiger partial charge >= 0.3 is 0 Å². The molecule has 1 aliphatic heterocycles. The molecular formula is C15H23NO3S. The SMILES string of the molecule is CCCS(=O)(=O)c1ccccc1N1CCC(O)C(C)C1. The van der Waals surface area contributed by atoms with Crippen molar-refractivity contribution in [3.63, 3.8) is 0 Å². The molecule has 2 unspecified atom stereocenters. The van der Waals surface area contributed by atoms with Crippen LogP contribution in [0.25, 0.3) is 0 Å². The highest BCUT2D eigenvalue weighted by Gasteiger charge is 2.27. The van der Waals surface area contributed by atoms with Crippen molar-refractivity contribution >= 4 is 15.5 Å². The van der Waals surface area contributed by atoms with Crippen molar-refractivity contribution in [1.82, 2.24) is 0 Å². The standard InChI is InChI=1S/C15H23NO3S/c1-3-10-20(18,19)15-7-5-4-6-13(15)16-9-8-14(17)12(2)11-16/h4-7,12,14,17H,3,8-11H2,1-2H3. The number of anilines is 1. The second-order valence-electron chi connectivity index (χ2n) is 5.57. The number of aliphatic hydroxyl groups is 1. The Morgan fingerprint density at radius 3 is 2.70 bits per heavy atom. The average Bonchev–Trinajstić information content (AvgIpc) is 2.42. The van der Waals surface area contributed by atoms with Crippen LogP contribution in [0.2, 0.25) is 0 Å². The zero-order valence-electron chi connectivity index (χ0n) is 12.1. The normalized spacial score (nSPS) is 23.9. The molecule has 1 fully saturated rings. The average molecular weight is 297 g/mol. The fraction of sp³-hybridized carbons (Fsp3) is 0.600. The molecule has 4 nitrogen and oxygen atoms in total. The Kier molecular flexibility index (Phi) is 4.70. The number of aliphatic hydroxyl groups excluding tert-OH is 1. The van der Waals surface area contributed by atoms with Crippen LogP contribution in [0, 0.1) is 5.92 Å². The van der Waals surface area contributed by atoms with Gasteiger partial charge in [-0.25, -0.2) is 8.42 Å². The Labute approximate surface area is 121 Å². The van der Waals surface area contributed by atoms with E-state index in [2.05, 4.69) is 4.90 Å². The van der Waals surface area contributed by atoms with Gasteiger partial charge in [-0.3, -0.25) is 0 Å². The summed E-state index contributed by atoms with van der Waals surface area (Å²) in [6.07, 6.45) is 1.01. The molecule has 0 aromatic heterocycles. The van der Waals surface area contributed by atoms with Gasteiger partial charge in [0.1, 0.15) is 0 Å². The van der Waals surface area contributed by atoms with Gasteiger partial charge in [0.25, 0.3) is 0 Å². The van der Waals surface area contributed by atoms with Gasteiger partial charge in [0.05, 0.1) is 22.4 Å². The molecule has 1 N–H and O–H groups in total. The van der Waals surface area contributed by atoms with Crippen LogP contribution in [-0.4, -0.2) is 38.5 Å². The second-order valence-corrected chi connectivity index (χ2v) is 7.64. The van der Waals surface area contributed by atoms with Crippen LogP contribution in [0.15, 0.2) is 29.2 Å². The molecular weight excluding hydrogens is 274 g/mol. The lowest BCUT2D eigenvalue weighted by atomic mass is 9.96. The molecule has 0 saturated carbocycles. The number of para-hydroxylation sites is 1. The molecule has 1 heterocycles. The quantitative estimate of drug-likeness (QED) is 0.924. The monoisotopic (exact) mass is 297 g/mol. The van der Waals surface area contributed by atoms with E-state index in [9.17, 15) is 13.5 Å². The zero-order chi connectivity index (χ0) is 14.8. The molecule has 2 rings (SSSR count). The molecule has 112 valence electrons. The third-order valence-corrected chi connectivity index (χ3v) is 5.83. The van der Waals surface area contributed by atoms with Crippen LogP contribution in [0.5, 0.6) is 0 Å². The smallest absolute Gasteiger partial charge is 0.180 e. The highest BCUT2D eigenvalue weighted by Crippen LogP contribution is 2.30. The largest absolute Gasteiger partial charge is 0.393 e. The van der Waals surface area contributed by atoms with Crippen LogP contribution in [0.3, 0.4) is 0 Å². The molecule has 0 amide bonds. The Hall–Kier alpha value is -1.07. The highest BCUT2D eigenvalue weighted by atomic mass is 32.2. The lowest BCUT2D eigenvalue weighted by molar-refractivity contribution is 0.0969. The van der Waals surface area contributed by atoms with Gasteiger partial charge in [-0.05, 0) is 30.9 Å². The summed E-state index contributed by atoms with van der Waals surface area (Å²) in [4.78, 5) is 2.50. The second kappa shape index (κ2) is 6.14. The van der Waals surface area contributed by atoms with E-state index in [1.54, 1.807) is 12.1 Å². The van der Waals surface area contributed by atoms with Crippen molar-refractivity contribution in [3.8, 4) is 0 Å². The lowest BCUT2D eigenvalue weighted by Gasteiger charge is -2.36. The fourth-order valence-corrected chi connectivity index (χ4v) is 4.27. The summed E-state index contributed by atoms with van der Waals surface area (Å²) in [7, 11) is -3.23. The molecule has 1 aromatic rings. The number of benzene rings is 1.